The number of cyclic esters (lactones) is 1. The molecule has 0 saturated carbocycles. The van der Waals surface area contributed by atoms with Crippen LogP contribution >= 0.6 is 0 Å². The number of ether oxygens (including phenoxy) is 2. The van der Waals surface area contributed by atoms with Crippen LogP contribution in [0.15, 0.2) is 42.5 Å². The molecule has 2 N–H and O–H groups in total. The van der Waals surface area contributed by atoms with Gasteiger partial charge in [0.2, 0.25) is 0 Å². The molecule has 0 spiro atoms. The Kier molecular flexibility index (Phi) is 3.15. The molecule has 26 heavy (non-hydrogen) atoms. The van der Waals surface area contributed by atoms with Crippen LogP contribution < -0.4 is 9.64 Å². The largest absolute Gasteiger partial charge is 0.497 e. The number of carbonyl (C=O) groups excluding carboxylic acids is 1. The fraction of sp³-hybridized carbons (Fsp3) is 0.158. The molecule has 0 bridgehead atoms. The average Bonchev–Trinajstić information content (AvgIpc) is 3.37. The maximum absolute atomic E-state index is 11.8. The van der Waals surface area contributed by atoms with Crippen LogP contribution in [0, 0.1) is 0 Å². The van der Waals surface area contributed by atoms with Gasteiger partial charge in [0.15, 0.2) is 0 Å². The quantitative estimate of drug-likeness (QED) is 0.592. The first-order valence-electron chi connectivity index (χ1n) is 8.32. The van der Waals surface area contributed by atoms with Crippen molar-refractivity contribution >= 4 is 33.6 Å². The van der Waals surface area contributed by atoms with E-state index in [1.165, 1.54) is 0 Å². The SMILES string of the molecule is COc1ccc2cc(-c3n[nH]c4ccc(N5CCOC5=O)cc34)[nH]c2c1. The maximum Gasteiger partial charge on any atom is 0.414 e. The lowest BCUT2D eigenvalue weighted by Crippen LogP contribution is -2.23. The van der Waals surface area contributed by atoms with Crippen molar-refractivity contribution in [2.45, 2.75) is 0 Å². The normalized spacial score (nSPS) is 14.3. The second-order valence-corrected chi connectivity index (χ2v) is 6.20. The van der Waals surface area contributed by atoms with Crippen molar-refractivity contribution in [3.8, 4) is 17.1 Å². The maximum atomic E-state index is 11.8. The molecule has 1 amide bonds. The van der Waals surface area contributed by atoms with Crippen molar-refractivity contribution in [2.75, 3.05) is 25.2 Å². The summed E-state index contributed by atoms with van der Waals surface area (Å²) in [6.07, 6.45) is -0.313. The van der Waals surface area contributed by atoms with E-state index in [4.69, 9.17) is 9.47 Å². The highest BCUT2D eigenvalue weighted by atomic mass is 16.6. The lowest BCUT2D eigenvalue weighted by molar-refractivity contribution is 0.181. The van der Waals surface area contributed by atoms with E-state index >= 15 is 0 Å². The van der Waals surface area contributed by atoms with Crippen molar-refractivity contribution < 1.29 is 14.3 Å². The van der Waals surface area contributed by atoms with Gasteiger partial charge < -0.3 is 14.5 Å². The van der Waals surface area contributed by atoms with Crippen LogP contribution in [0.3, 0.4) is 0 Å². The van der Waals surface area contributed by atoms with Gasteiger partial charge in [0.1, 0.15) is 18.1 Å². The van der Waals surface area contributed by atoms with Gasteiger partial charge >= 0.3 is 6.09 Å². The first-order chi connectivity index (χ1) is 12.7. The molecule has 4 aromatic rings. The minimum atomic E-state index is -0.313. The second-order valence-electron chi connectivity index (χ2n) is 6.20. The monoisotopic (exact) mass is 348 g/mol. The first-order valence-corrected chi connectivity index (χ1v) is 8.32. The minimum absolute atomic E-state index is 0.313. The number of methoxy groups -OCH3 is 1. The van der Waals surface area contributed by atoms with Crippen LogP contribution in [0.1, 0.15) is 0 Å². The summed E-state index contributed by atoms with van der Waals surface area (Å²) in [5, 5.41) is 9.55. The highest BCUT2D eigenvalue weighted by molar-refractivity contribution is 5.99. The predicted molar refractivity (Wildman–Crippen MR) is 98.6 cm³/mol. The number of aromatic nitrogens is 3. The number of hydrogen-bond acceptors (Lipinski definition) is 4. The van der Waals surface area contributed by atoms with Crippen LogP contribution in [0.5, 0.6) is 5.75 Å². The van der Waals surface area contributed by atoms with E-state index in [0.717, 1.165) is 44.6 Å². The summed E-state index contributed by atoms with van der Waals surface area (Å²) in [4.78, 5) is 16.9. The summed E-state index contributed by atoms with van der Waals surface area (Å²) in [7, 11) is 1.65. The average molecular weight is 348 g/mol. The molecule has 0 atom stereocenters. The van der Waals surface area contributed by atoms with Crippen molar-refractivity contribution in [3.05, 3.63) is 42.5 Å². The van der Waals surface area contributed by atoms with Gasteiger partial charge in [0.25, 0.3) is 0 Å². The Hall–Kier alpha value is -3.48. The molecular formula is C19H16N4O3. The number of H-pyrrole nitrogens is 2. The number of nitrogens with zero attached hydrogens (tertiary/aromatic N) is 2. The summed E-state index contributed by atoms with van der Waals surface area (Å²) in [6.45, 7) is 0.975. The third kappa shape index (κ3) is 2.21. The van der Waals surface area contributed by atoms with Gasteiger partial charge in [-0.15, -0.1) is 0 Å². The number of rotatable bonds is 3. The third-order valence-corrected chi connectivity index (χ3v) is 4.70. The van der Waals surface area contributed by atoms with Crippen LogP contribution in [-0.4, -0.2) is 41.5 Å². The standard InChI is InChI=1S/C19H16N4O3/c1-25-13-4-2-11-8-17(20-16(11)10-13)18-14-9-12(3-5-15(14)21-22-18)23-6-7-26-19(23)24/h2-5,8-10,20H,6-7H2,1H3,(H,21,22). The highest BCUT2D eigenvalue weighted by Gasteiger charge is 2.24. The topological polar surface area (TPSA) is 83.2 Å². The van der Waals surface area contributed by atoms with E-state index in [9.17, 15) is 4.79 Å². The fourth-order valence-corrected chi connectivity index (χ4v) is 3.36. The van der Waals surface area contributed by atoms with Gasteiger partial charge in [-0.05, 0) is 36.4 Å². The van der Waals surface area contributed by atoms with Crippen molar-refractivity contribution in [1.29, 1.82) is 0 Å². The van der Waals surface area contributed by atoms with Crippen LogP contribution in [0.2, 0.25) is 0 Å². The van der Waals surface area contributed by atoms with Crippen molar-refractivity contribution in [2.24, 2.45) is 0 Å². The molecule has 1 saturated heterocycles. The van der Waals surface area contributed by atoms with E-state index in [1.54, 1.807) is 12.0 Å². The van der Waals surface area contributed by atoms with Crippen molar-refractivity contribution in [1.82, 2.24) is 15.2 Å². The van der Waals surface area contributed by atoms with Gasteiger partial charge in [-0.25, -0.2) is 4.79 Å². The molecule has 7 heteroatoms. The minimum Gasteiger partial charge on any atom is -0.497 e. The number of fused-ring (bicyclic) bond motifs is 2. The number of aromatic amines is 2. The molecule has 1 aliphatic rings. The van der Waals surface area contributed by atoms with Crippen LogP contribution in [0.4, 0.5) is 10.5 Å². The van der Waals surface area contributed by atoms with Crippen LogP contribution in [-0.2, 0) is 4.74 Å². The molecule has 1 fully saturated rings. The number of anilines is 1. The van der Waals surface area contributed by atoms with E-state index < -0.39 is 0 Å². The number of hydrogen-bond donors (Lipinski definition) is 2. The van der Waals surface area contributed by atoms with E-state index in [0.29, 0.717) is 13.2 Å². The lowest BCUT2D eigenvalue weighted by Gasteiger charge is -2.12. The molecule has 2 aromatic carbocycles. The molecule has 130 valence electrons. The van der Waals surface area contributed by atoms with Gasteiger partial charge in [-0.3, -0.25) is 10.00 Å². The third-order valence-electron chi connectivity index (χ3n) is 4.70. The molecule has 3 heterocycles. The number of benzene rings is 2. The smallest absolute Gasteiger partial charge is 0.414 e. The number of amides is 1. The highest BCUT2D eigenvalue weighted by Crippen LogP contribution is 2.32. The molecule has 0 unspecified atom stereocenters. The summed E-state index contributed by atoms with van der Waals surface area (Å²) in [5.74, 6) is 0.799. The molecule has 7 nitrogen and oxygen atoms in total. The fourth-order valence-electron chi connectivity index (χ4n) is 3.36. The van der Waals surface area contributed by atoms with Crippen LogP contribution in [0.25, 0.3) is 33.2 Å². The summed E-state index contributed by atoms with van der Waals surface area (Å²) < 4.78 is 10.3. The molecule has 0 aliphatic carbocycles. The molecular weight excluding hydrogens is 332 g/mol. The molecule has 1 aliphatic heterocycles. The van der Waals surface area contributed by atoms with Crippen molar-refractivity contribution in [3.63, 3.8) is 0 Å². The lowest BCUT2D eigenvalue weighted by atomic mass is 10.1. The predicted octanol–water partition coefficient (Wildman–Crippen LogP) is 3.68. The van der Waals surface area contributed by atoms with Gasteiger partial charge in [-0.1, -0.05) is 0 Å². The van der Waals surface area contributed by atoms with E-state index in [2.05, 4.69) is 21.2 Å². The van der Waals surface area contributed by atoms with E-state index in [-0.39, 0.29) is 6.09 Å². The Morgan fingerprint density at radius 3 is 2.88 bits per heavy atom. The van der Waals surface area contributed by atoms with E-state index in [1.807, 2.05) is 36.4 Å². The summed E-state index contributed by atoms with van der Waals surface area (Å²) in [5.41, 5.74) is 4.41. The van der Waals surface area contributed by atoms with Gasteiger partial charge in [-0.2, -0.15) is 5.10 Å². The zero-order valence-electron chi connectivity index (χ0n) is 14.1. The van der Waals surface area contributed by atoms with Gasteiger partial charge in [0, 0.05) is 28.0 Å². The van der Waals surface area contributed by atoms with Gasteiger partial charge in [0.05, 0.1) is 24.9 Å². The molecule has 2 aromatic heterocycles. The zero-order chi connectivity index (χ0) is 17.7. The Morgan fingerprint density at radius 1 is 1.15 bits per heavy atom. The Balaban J connectivity index is 1.63. The molecule has 5 rings (SSSR count). The second kappa shape index (κ2) is 5.52. The molecule has 0 radical (unpaired) electrons. The number of carbonyl (C=O) groups is 1. The zero-order valence-corrected chi connectivity index (χ0v) is 14.1. The Morgan fingerprint density at radius 2 is 2.08 bits per heavy atom. The number of nitrogens with one attached hydrogen (secondary N) is 2. The summed E-state index contributed by atoms with van der Waals surface area (Å²) in [6, 6.07) is 13.7. The summed E-state index contributed by atoms with van der Waals surface area (Å²) >= 11 is 0. The Bertz CT molecular complexity index is 1140. The Labute approximate surface area is 148 Å². The first kappa shape index (κ1) is 14.8.